The summed E-state index contributed by atoms with van der Waals surface area (Å²) in [7, 11) is 8.07. The number of nitrogens with zero attached hydrogens (tertiary/aromatic N) is 6. The highest BCUT2D eigenvalue weighted by Crippen LogP contribution is 2.43. The Labute approximate surface area is 659 Å². The first-order valence-corrected chi connectivity index (χ1v) is 38.3. The third-order valence-corrected chi connectivity index (χ3v) is 22.8. The van der Waals surface area contributed by atoms with Crippen molar-refractivity contribution in [2.45, 2.75) is 82.9 Å². The molecular weight excluding hydrogens is 1360 g/mol. The van der Waals surface area contributed by atoms with Gasteiger partial charge in [-0.3, -0.25) is 0 Å². The second kappa shape index (κ2) is 30.7. The van der Waals surface area contributed by atoms with E-state index in [1.807, 2.05) is 109 Å². The quantitative estimate of drug-likeness (QED) is 0.143. The molecule has 8 heterocycles. The summed E-state index contributed by atoms with van der Waals surface area (Å²) in [6.45, 7) is 16.7. The molecule has 18 rings (SSSR count). The normalized spacial score (nSPS) is 12.3. The first kappa shape index (κ1) is 65.9. The molecule has 0 fully saturated rings. The van der Waals surface area contributed by atoms with Crippen LogP contribution in [0.15, 0.2) is 284 Å². The smallest absolute Gasteiger partial charge is 0.227 e. The molecule has 0 saturated carbocycles. The molecule has 110 heavy (non-hydrogen) atoms. The maximum atomic E-state index is 8.15. The lowest BCUT2D eigenvalue weighted by Gasteiger charge is -2.13. The molecule has 0 atom stereocenters. The SMILES string of the molecule is Cc1ccc2c(n1)oc1c(-c3c[n+](C)c(-c4ccccc4C)cc3C)cccc12.Cc1ccc2c(n1)sc1c(-c3c[n+](C)c(-c4ccccc4C)cc3C)cccc12.[2H]C([2H])([2H])c1c[n+](C)c(-c2ccccc2C)cc1-c1ccc(C)c2ccccc12.[2H]C([2H])([2H])c1c[n+](C)c(-c2ccccc2C)cc1-c1cccc2c(C)cccc12. The highest BCUT2D eigenvalue weighted by Gasteiger charge is 2.25. The summed E-state index contributed by atoms with van der Waals surface area (Å²) in [4.78, 5) is 10.5. The fourth-order valence-corrected chi connectivity index (χ4v) is 16.9. The highest BCUT2D eigenvalue weighted by atomic mass is 32.1. The maximum absolute atomic E-state index is 8.15. The molecule has 18 aromatic rings. The Kier molecular flexibility index (Phi) is 18.4. The zero-order valence-electron chi connectivity index (χ0n) is 71.1. The van der Waals surface area contributed by atoms with Gasteiger partial charge in [0.25, 0.3) is 0 Å². The van der Waals surface area contributed by atoms with E-state index in [1.165, 1.54) is 88.1 Å². The number of benzene rings is 10. The molecule has 0 spiro atoms. The second-order valence-electron chi connectivity index (χ2n) is 29.3. The Morgan fingerprint density at radius 3 is 1.16 bits per heavy atom. The van der Waals surface area contributed by atoms with Gasteiger partial charge in [0.15, 0.2) is 24.8 Å². The van der Waals surface area contributed by atoms with Gasteiger partial charge in [-0.2, -0.15) is 0 Å². The van der Waals surface area contributed by atoms with Crippen molar-refractivity contribution >= 4 is 75.3 Å². The average molecular weight is 1460 g/mol. The summed E-state index contributed by atoms with van der Waals surface area (Å²) in [5, 5.41) is 9.14. The number of aryl methyl sites for hydroxylation is 16. The third kappa shape index (κ3) is 14.2. The van der Waals surface area contributed by atoms with Gasteiger partial charge in [-0.1, -0.05) is 182 Å². The molecule has 0 bridgehead atoms. The second-order valence-corrected chi connectivity index (χ2v) is 30.3. The zero-order chi connectivity index (χ0) is 81.8. The molecule has 8 heteroatoms. The largest absolute Gasteiger partial charge is 0.437 e. The molecule has 0 unspecified atom stereocenters. The molecule has 0 radical (unpaired) electrons. The van der Waals surface area contributed by atoms with Gasteiger partial charge in [0.2, 0.25) is 28.5 Å². The van der Waals surface area contributed by atoms with E-state index in [0.717, 1.165) is 116 Å². The van der Waals surface area contributed by atoms with Crippen molar-refractivity contribution in [2.75, 3.05) is 0 Å². The lowest BCUT2D eigenvalue weighted by atomic mass is 9.92. The maximum Gasteiger partial charge on any atom is 0.227 e. The van der Waals surface area contributed by atoms with Crippen LogP contribution in [0.5, 0.6) is 0 Å². The summed E-state index contributed by atoms with van der Waals surface area (Å²) in [6.07, 6.45) is 8.00. The van der Waals surface area contributed by atoms with Gasteiger partial charge in [-0.15, -0.1) is 11.3 Å². The van der Waals surface area contributed by atoms with E-state index in [2.05, 4.69) is 279 Å². The van der Waals surface area contributed by atoms with E-state index in [9.17, 15) is 0 Å². The average Bonchev–Trinajstić information content (AvgIpc) is 1.38. The lowest BCUT2D eigenvalue weighted by Crippen LogP contribution is -2.31. The van der Waals surface area contributed by atoms with Crippen LogP contribution < -0.4 is 18.3 Å². The summed E-state index contributed by atoms with van der Waals surface area (Å²) in [5.41, 5.74) is 31.6. The predicted octanol–water partition coefficient (Wildman–Crippen LogP) is 24.4. The number of hydrogen-bond donors (Lipinski definition) is 0. The molecular formula is C102H94N6OS+4. The molecule has 0 saturated heterocycles. The summed E-state index contributed by atoms with van der Waals surface area (Å²) in [5.74, 6) is 0. The Balaban J connectivity index is 0.000000121. The van der Waals surface area contributed by atoms with Crippen LogP contribution in [0.25, 0.3) is 153 Å². The minimum absolute atomic E-state index is 0.367. The third-order valence-electron chi connectivity index (χ3n) is 21.6. The topological polar surface area (TPSA) is 54.4 Å². The van der Waals surface area contributed by atoms with Crippen molar-refractivity contribution in [2.24, 2.45) is 28.2 Å². The van der Waals surface area contributed by atoms with Crippen molar-refractivity contribution in [3.8, 4) is 89.5 Å². The van der Waals surface area contributed by atoms with Gasteiger partial charge in [0.05, 0.1) is 11.1 Å². The van der Waals surface area contributed by atoms with E-state index < -0.39 is 13.7 Å². The molecule has 0 N–H and O–H groups in total. The summed E-state index contributed by atoms with van der Waals surface area (Å²) in [6, 6.07) is 88.1. The van der Waals surface area contributed by atoms with Gasteiger partial charge in [-0.05, 0) is 220 Å². The summed E-state index contributed by atoms with van der Waals surface area (Å²) >= 11 is 1.79. The molecule has 0 aliphatic carbocycles. The van der Waals surface area contributed by atoms with Crippen LogP contribution in [0.3, 0.4) is 0 Å². The van der Waals surface area contributed by atoms with Gasteiger partial charge in [0.1, 0.15) is 38.6 Å². The van der Waals surface area contributed by atoms with Crippen LogP contribution in [0, 0.1) is 82.9 Å². The molecule has 0 aliphatic heterocycles. The molecule has 0 amide bonds. The van der Waals surface area contributed by atoms with Crippen molar-refractivity contribution in [1.29, 1.82) is 0 Å². The zero-order valence-corrected chi connectivity index (χ0v) is 65.9. The first-order valence-electron chi connectivity index (χ1n) is 40.5. The van der Waals surface area contributed by atoms with Crippen molar-refractivity contribution in [3.05, 3.63) is 347 Å². The van der Waals surface area contributed by atoms with Crippen molar-refractivity contribution in [1.82, 2.24) is 9.97 Å². The number of para-hydroxylation sites is 1. The lowest BCUT2D eigenvalue weighted by molar-refractivity contribution is -0.660. The fourth-order valence-electron chi connectivity index (χ4n) is 15.7. The Bertz CT molecular complexity index is 6520. The number of thiophene rings is 1. The number of fused-ring (bicyclic) bond motifs is 8. The predicted molar refractivity (Wildman–Crippen MR) is 462 cm³/mol. The van der Waals surface area contributed by atoms with E-state index in [-0.39, 0.29) is 0 Å². The van der Waals surface area contributed by atoms with E-state index in [0.29, 0.717) is 16.8 Å². The van der Waals surface area contributed by atoms with Crippen LogP contribution in [0.1, 0.15) is 75.2 Å². The number of furan rings is 1. The van der Waals surface area contributed by atoms with Crippen LogP contribution in [-0.2, 0) is 28.2 Å². The molecule has 0 aliphatic rings. The van der Waals surface area contributed by atoms with Gasteiger partial charge >= 0.3 is 0 Å². The van der Waals surface area contributed by atoms with Crippen LogP contribution in [0.4, 0.5) is 0 Å². The Morgan fingerprint density at radius 2 is 0.636 bits per heavy atom. The minimum Gasteiger partial charge on any atom is -0.437 e. The monoisotopic (exact) mass is 1460 g/mol. The van der Waals surface area contributed by atoms with Crippen LogP contribution in [0.2, 0.25) is 0 Å². The molecule has 10 aromatic carbocycles. The van der Waals surface area contributed by atoms with E-state index in [4.69, 9.17) is 17.6 Å². The van der Waals surface area contributed by atoms with Crippen molar-refractivity contribution < 1.29 is 30.9 Å². The number of aromatic nitrogens is 6. The standard InChI is InChI=1S/C26H23N2O.C26H23N2S.2C25H24N/c2*1-16-8-5-6-9-19(16)24-14-17(2)23(15-28(24)4)21-11-7-10-20-22-13-12-18(3)27-26(22)29-25(20)21;1-17-10-7-13-22-20(17)12-8-14-23(22)24-15-25(26(4)16-19(24)3)21-11-6-5-9-18(21)2;1-17-9-5-6-11-21(17)25-15-24(19(3)16-26(25)4)23-14-13-18(2)20-10-7-8-12-22(20)23/h2*5-15H,1-4H3;2*5-16H,1-4H3/q4*+1/i;;2*3D3. The van der Waals surface area contributed by atoms with E-state index >= 15 is 0 Å². The Morgan fingerprint density at radius 1 is 0.264 bits per heavy atom. The van der Waals surface area contributed by atoms with Gasteiger partial charge in [0, 0.05) is 115 Å². The fraction of sp³-hybridized carbons (Fsp3) is 0.157. The molecule has 7 nitrogen and oxygen atoms in total. The van der Waals surface area contributed by atoms with E-state index in [1.54, 1.807) is 23.7 Å². The number of pyridine rings is 6. The molecule has 540 valence electrons. The number of rotatable bonds is 8. The summed E-state index contributed by atoms with van der Waals surface area (Å²) < 4.78 is 64.7. The minimum atomic E-state index is -2.21. The van der Waals surface area contributed by atoms with Crippen molar-refractivity contribution in [3.63, 3.8) is 0 Å². The van der Waals surface area contributed by atoms with Crippen LogP contribution >= 0.6 is 11.3 Å². The number of hydrogen-bond acceptors (Lipinski definition) is 4. The van der Waals surface area contributed by atoms with Gasteiger partial charge < -0.3 is 4.42 Å². The van der Waals surface area contributed by atoms with Gasteiger partial charge in [-0.25, -0.2) is 28.2 Å². The molecule has 8 aromatic heterocycles. The highest BCUT2D eigenvalue weighted by molar-refractivity contribution is 7.26. The Hall–Kier alpha value is -12.4. The van der Waals surface area contributed by atoms with Crippen LogP contribution in [-0.4, -0.2) is 9.97 Å². The first-order chi connectivity index (χ1) is 55.6.